The lowest BCUT2D eigenvalue weighted by atomic mass is 10.1. The number of nitrogens with one attached hydrogen (secondary N) is 1. The summed E-state index contributed by atoms with van der Waals surface area (Å²) in [6, 6.07) is 13.0. The summed E-state index contributed by atoms with van der Waals surface area (Å²) in [6.07, 6.45) is 4.42. The molecule has 2 heteroatoms. The van der Waals surface area contributed by atoms with E-state index in [1.165, 1.54) is 23.4 Å². The molecular formula is C16H22N2. The average molecular weight is 242 g/mol. The standard InChI is InChI=1S/C16H22N2/c1-3-11-18-12-5-6-16(18)13-17-15-9-7-14(4-2)8-10-15/h5-10,12,17H,3-4,11,13H2,1-2H3. The molecule has 0 unspecified atom stereocenters. The summed E-state index contributed by atoms with van der Waals surface area (Å²) in [4.78, 5) is 0. The van der Waals surface area contributed by atoms with Gasteiger partial charge < -0.3 is 9.88 Å². The first-order valence-corrected chi connectivity index (χ1v) is 6.80. The molecule has 0 bridgehead atoms. The van der Waals surface area contributed by atoms with Crippen LogP contribution in [0.1, 0.15) is 31.5 Å². The number of aryl methyl sites for hydroxylation is 2. The first-order chi connectivity index (χ1) is 8.83. The van der Waals surface area contributed by atoms with Gasteiger partial charge in [-0.2, -0.15) is 0 Å². The Bertz CT molecular complexity index is 468. The quantitative estimate of drug-likeness (QED) is 0.808. The van der Waals surface area contributed by atoms with Crippen molar-refractivity contribution in [1.29, 1.82) is 0 Å². The number of anilines is 1. The highest BCUT2D eigenvalue weighted by atomic mass is 15.0. The molecule has 0 radical (unpaired) electrons. The molecule has 0 saturated heterocycles. The smallest absolute Gasteiger partial charge is 0.0553 e. The van der Waals surface area contributed by atoms with Crippen LogP contribution < -0.4 is 5.32 Å². The van der Waals surface area contributed by atoms with E-state index in [-0.39, 0.29) is 0 Å². The number of hydrogen-bond acceptors (Lipinski definition) is 1. The highest BCUT2D eigenvalue weighted by Crippen LogP contribution is 2.12. The molecule has 0 aliphatic carbocycles. The Kier molecular flexibility index (Phi) is 4.46. The fourth-order valence-corrected chi connectivity index (χ4v) is 2.12. The maximum Gasteiger partial charge on any atom is 0.0553 e. The van der Waals surface area contributed by atoms with Gasteiger partial charge in [0.2, 0.25) is 0 Å². The highest BCUT2D eigenvalue weighted by molar-refractivity contribution is 5.44. The van der Waals surface area contributed by atoms with E-state index in [1.54, 1.807) is 0 Å². The van der Waals surface area contributed by atoms with Gasteiger partial charge in [0.1, 0.15) is 0 Å². The van der Waals surface area contributed by atoms with Crippen LogP contribution >= 0.6 is 0 Å². The van der Waals surface area contributed by atoms with E-state index >= 15 is 0 Å². The largest absolute Gasteiger partial charge is 0.379 e. The van der Waals surface area contributed by atoms with Gasteiger partial charge in [-0.1, -0.05) is 26.0 Å². The molecule has 0 atom stereocenters. The fourth-order valence-electron chi connectivity index (χ4n) is 2.12. The van der Waals surface area contributed by atoms with Gasteiger partial charge in [-0.15, -0.1) is 0 Å². The number of nitrogens with zero attached hydrogens (tertiary/aromatic N) is 1. The Labute approximate surface area is 110 Å². The van der Waals surface area contributed by atoms with E-state index in [9.17, 15) is 0 Å². The van der Waals surface area contributed by atoms with Gasteiger partial charge in [-0.25, -0.2) is 0 Å². The average Bonchev–Trinajstić information content (AvgIpc) is 2.85. The lowest BCUT2D eigenvalue weighted by Crippen LogP contribution is -2.06. The Balaban J connectivity index is 1.95. The maximum atomic E-state index is 3.48. The van der Waals surface area contributed by atoms with Gasteiger partial charge >= 0.3 is 0 Å². The molecule has 1 N–H and O–H groups in total. The number of rotatable bonds is 6. The van der Waals surface area contributed by atoms with Crippen molar-refractivity contribution >= 4 is 5.69 Å². The molecule has 0 amide bonds. The van der Waals surface area contributed by atoms with Gasteiger partial charge in [0.15, 0.2) is 0 Å². The predicted molar refractivity (Wildman–Crippen MR) is 77.9 cm³/mol. The fraction of sp³-hybridized carbons (Fsp3) is 0.375. The van der Waals surface area contributed by atoms with Crippen molar-refractivity contribution in [2.24, 2.45) is 0 Å². The first-order valence-electron chi connectivity index (χ1n) is 6.80. The van der Waals surface area contributed by atoms with E-state index in [4.69, 9.17) is 0 Å². The third-order valence-electron chi connectivity index (χ3n) is 3.22. The summed E-state index contributed by atoms with van der Waals surface area (Å²) in [7, 11) is 0. The van der Waals surface area contributed by atoms with Crippen molar-refractivity contribution in [3.8, 4) is 0 Å². The second-order valence-electron chi connectivity index (χ2n) is 4.60. The molecule has 1 aromatic carbocycles. The summed E-state index contributed by atoms with van der Waals surface area (Å²) in [5.41, 5.74) is 3.92. The third-order valence-corrected chi connectivity index (χ3v) is 3.22. The molecular weight excluding hydrogens is 220 g/mol. The van der Waals surface area contributed by atoms with Crippen LogP contribution in [-0.4, -0.2) is 4.57 Å². The van der Waals surface area contributed by atoms with Crippen LogP contribution in [0.15, 0.2) is 42.6 Å². The Morgan fingerprint density at radius 1 is 1.06 bits per heavy atom. The number of hydrogen-bond donors (Lipinski definition) is 1. The molecule has 18 heavy (non-hydrogen) atoms. The molecule has 0 fully saturated rings. The van der Waals surface area contributed by atoms with Crippen LogP contribution in [0.5, 0.6) is 0 Å². The van der Waals surface area contributed by atoms with Crippen molar-refractivity contribution in [2.75, 3.05) is 5.32 Å². The maximum absolute atomic E-state index is 3.48. The highest BCUT2D eigenvalue weighted by Gasteiger charge is 2.00. The van der Waals surface area contributed by atoms with Crippen LogP contribution in [0.3, 0.4) is 0 Å². The van der Waals surface area contributed by atoms with E-state index in [0.717, 1.165) is 19.5 Å². The number of aromatic nitrogens is 1. The van der Waals surface area contributed by atoms with Crippen LogP contribution in [-0.2, 0) is 19.5 Å². The zero-order chi connectivity index (χ0) is 12.8. The molecule has 0 spiro atoms. The van der Waals surface area contributed by atoms with Crippen molar-refractivity contribution in [3.63, 3.8) is 0 Å². The molecule has 2 rings (SSSR count). The second-order valence-corrected chi connectivity index (χ2v) is 4.60. The SMILES string of the molecule is CCCn1cccc1CNc1ccc(CC)cc1. The Hall–Kier alpha value is -1.70. The van der Waals surface area contributed by atoms with Gasteiger partial charge in [0.05, 0.1) is 6.54 Å². The Morgan fingerprint density at radius 2 is 1.83 bits per heavy atom. The van der Waals surface area contributed by atoms with Crippen LogP contribution in [0.25, 0.3) is 0 Å². The Morgan fingerprint density at radius 3 is 2.50 bits per heavy atom. The molecule has 2 nitrogen and oxygen atoms in total. The molecule has 96 valence electrons. The molecule has 1 aromatic heterocycles. The van der Waals surface area contributed by atoms with Gasteiger partial charge in [-0.3, -0.25) is 0 Å². The summed E-state index contributed by atoms with van der Waals surface area (Å²) in [6.45, 7) is 6.37. The van der Waals surface area contributed by atoms with Crippen molar-refractivity contribution in [1.82, 2.24) is 4.57 Å². The van der Waals surface area contributed by atoms with E-state index < -0.39 is 0 Å². The van der Waals surface area contributed by atoms with Gasteiger partial charge in [0, 0.05) is 24.1 Å². The lowest BCUT2D eigenvalue weighted by Gasteiger charge is -2.10. The molecule has 0 saturated carbocycles. The first kappa shape index (κ1) is 12.7. The van der Waals surface area contributed by atoms with Crippen LogP contribution in [0.2, 0.25) is 0 Å². The minimum atomic E-state index is 0.887. The van der Waals surface area contributed by atoms with Crippen molar-refractivity contribution in [2.45, 2.75) is 39.8 Å². The van der Waals surface area contributed by atoms with Gasteiger partial charge in [-0.05, 0) is 42.7 Å². The zero-order valence-electron chi connectivity index (χ0n) is 11.3. The van der Waals surface area contributed by atoms with E-state index in [2.05, 4.69) is 66.3 Å². The topological polar surface area (TPSA) is 17.0 Å². The van der Waals surface area contributed by atoms with Crippen molar-refractivity contribution in [3.05, 3.63) is 53.9 Å². The third kappa shape index (κ3) is 3.16. The summed E-state index contributed by atoms with van der Waals surface area (Å²) >= 11 is 0. The summed E-state index contributed by atoms with van der Waals surface area (Å²) in [5.74, 6) is 0. The van der Waals surface area contributed by atoms with Crippen LogP contribution in [0.4, 0.5) is 5.69 Å². The second kappa shape index (κ2) is 6.29. The minimum absolute atomic E-state index is 0.887. The van der Waals surface area contributed by atoms with Crippen LogP contribution in [0, 0.1) is 0 Å². The van der Waals surface area contributed by atoms with E-state index in [1.807, 2.05) is 0 Å². The molecule has 0 aliphatic heterocycles. The molecule has 2 aromatic rings. The number of benzene rings is 1. The lowest BCUT2D eigenvalue weighted by molar-refractivity contribution is 0.654. The van der Waals surface area contributed by atoms with Crippen molar-refractivity contribution < 1.29 is 0 Å². The summed E-state index contributed by atoms with van der Waals surface area (Å²) in [5, 5.41) is 3.48. The van der Waals surface area contributed by atoms with E-state index in [0.29, 0.717) is 0 Å². The normalized spacial score (nSPS) is 10.6. The van der Waals surface area contributed by atoms with Gasteiger partial charge in [0.25, 0.3) is 0 Å². The summed E-state index contributed by atoms with van der Waals surface area (Å²) < 4.78 is 2.31. The minimum Gasteiger partial charge on any atom is -0.379 e. The monoisotopic (exact) mass is 242 g/mol. The zero-order valence-corrected chi connectivity index (χ0v) is 11.3. The molecule has 1 heterocycles. The molecule has 0 aliphatic rings. The predicted octanol–water partition coefficient (Wildman–Crippen LogP) is 4.07.